The minimum absolute atomic E-state index is 0.0621. The predicted octanol–water partition coefficient (Wildman–Crippen LogP) is 2.78. The minimum atomic E-state index is -0.452. The smallest absolute Gasteiger partial charge is 0.251 e. The highest BCUT2D eigenvalue weighted by atomic mass is 19.1. The topological polar surface area (TPSA) is 47.4 Å². The molecule has 0 unspecified atom stereocenters. The van der Waals surface area contributed by atoms with E-state index in [-0.39, 0.29) is 11.7 Å². The summed E-state index contributed by atoms with van der Waals surface area (Å²) in [5.74, 6) is -0.347. The zero-order valence-corrected chi connectivity index (χ0v) is 13.7. The van der Waals surface area contributed by atoms with Gasteiger partial charge in [0.2, 0.25) is 0 Å². The van der Waals surface area contributed by atoms with Crippen LogP contribution in [0, 0.1) is 5.82 Å². The standard InChI is InChI=1S/C17H22FN3O2/c1-4-9-23-13(2)17(22)20(3)11-14-10-19-21(12-14)16-7-5-15(18)6-8-16/h5-8,10,12-13H,4,9,11H2,1-3H3/t13-/m0/s1. The number of carbonyl (C=O) groups excluding carboxylic acids is 1. The van der Waals surface area contributed by atoms with Crippen molar-refractivity contribution in [2.45, 2.75) is 32.9 Å². The number of amides is 1. The summed E-state index contributed by atoms with van der Waals surface area (Å²) in [6, 6.07) is 6.08. The molecule has 0 saturated carbocycles. The molecule has 1 amide bonds. The first-order valence-electron chi connectivity index (χ1n) is 7.67. The lowest BCUT2D eigenvalue weighted by molar-refractivity contribution is -0.141. The molecule has 1 aromatic carbocycles. The van der Waals surface area contributed by atoms with Gasteiger partial charge in [0.25, 0.3) is 5.91 Å². The number of carbonyl (C=O) groups is 1. The summed E-state index contributed by atoms with van der Waals surface area (Å²) in [6.45, 7) is 4.78. The number of halogens is 1. The van der Waals surface area contributed by atoms with Gasteiger partial charge in [-0.05, 0) is 37.6 Å². The lowest BCUT2D eigenvalue weighted by Crippen LogP contribution is -2.36. The van der Waals surface area contributed by atoms with Crippen LogP contribution < -0.4 is 0 Å². The average Bonchev–Trinajstić information content (AvgIpc) is 3.00. The molecule has 5 nitrogen and oxygen atoms in total. The quantitative estimate of drug-likeness (QED) is 0.788. The first kappa shape index (κ1) is 17.1. The molecule has 23 heavy (non-hydrogen) atoms. The van der Waals surface area contributed by atoms with Crippen molar-refractivity contribution in [3.05, 3.63) is 48.0 Å². The first-order valence-corrected chi connectivity index (χ1v) is 7.67. The molecule has 1 heterocycles. The Bertz CT molecular complexity index is 640. The van der Waals surface area contributed by atoms with Crippen molar-refractivity contribution in [3.8, 4) is 5.69 Å². The molecule has 1 atom stereocenters. The van der Waals surface area contributed by atoms with Gasteiger partial charge in [-0.3, -0.25) is 4.79 Å². The molecular weight excluding hydrogens is 297 g/mol. The van der Waals surface area contributed by atoms with Crippen molar-refractivity contribution in [2.24, 2.45) is 0 Å². The molecule has 0 bridgehead atoms. The van der Waals surface area contributed by atoms with Gasteiger partial charge in [-0.1, -0.05) is 6.92 Å². The largest absolute Gasteiger partial charge is 0.369 e. The van der Waals surface area contributed by atoms with Gasteiger partial charge in [-0.2, -0.15) is 5.10 Å². The Kier molecular flexibility index (Phi) is 5.87. The van der Waals surface area contributed by atoms with Gasteiger partial charge in [0, 0.05) is 32.0 Å². The van der Waals surface area contributed by atoms with Crippen LogP contribution in [0.1, 0.15) is 25.8 Å². The van der Waals surface area contributed by atoms with E-state index in [9.17, 15) is 9.18 Å². The number of ether oxygens (including phenoxy) is 1. The molecule has 0 saturated heterocycles. The molecule has 0 radical (unpaired) electrons. The molecule has 0 aliphatic rings. The summed E-state index contributed by atoms with van der Waals surface area (Å²) in [7, 11) is 1.74. The van der Waals surface area contributed by atoms with Gasteiger partial charge in [0.15, 0.2) is 0 Å². The first-order chi connectivity index (χ1) is 11.0. The zero-order chi connectivity index (χ0) is 16.8. The van der Waals surface area contributed by atoms with Crippen molar-refractivity contribution in [1.29, 1.82) is 0 Å². The number of likely N-dealkylation sites (N-methyl/N-ethyl adjacent to an activating group) is 1. The van der Waals surface area contributed by atoms with Gasteiger partial charge in [-0.15, -0.1) is 0 Å². The summed E-state index contributed by atoms with van der Waals surface area (Å²) in [6.07, 6.45) is 3.96. The molecular formula is C17H22FN3O2. The summed E-state index contributed by atoms with van der Waals surface area (Å²) in [5, 5.41) is 4.25. The van der Waals surface area contributed by atoms with E-state index >= 15 is 0 Å². The highest BCUT2D eigenvalue weighted by Gasteiger charge is 2.18. The fourth-order valence-corrected chi connectivity index (χ4v) is 2.20. The van der Waals surface area contributed by atoms with E-state index < -0.39 is 6.10 Å². The van der Waals surface area contributed by atoms with E-state index in [1.54, 1.807) is 41.9 Å². The van der Waals surface area contributed by atoms with E-state index in [0.717, 1.165) is 17.7 Å². The van der Waals surface area contributed by atoms with Gasteiger partial charge >= 0.3 is 0 Å². The van der Waals surface area contributed by atoms with Crippen LogP contribution in [0.25, 0.3) is 5.69 Å². The van der Waals surface area contributed by atoms with Crippen LogP contribution in [0.5, 0.6) is 0 Å². The van der Waals surface area contributed by atoms with E-state index in [0.29, 0.717) is 13.2 Å². The maximum Gasteiger partial charge on any atom is 0.251 e. The van der Waals surface area contributed by atoms with E-state index in [2.05, 4.69) is 5.10 Å². The predicted molar refractivity (Wildman–Crippen MR) is 85.7 cm³/mol. The van der Waals surface area contributed by atoms with Crippen LogP contribution in [0.2, 0.25) is 0 Å². The Morgan fingerprint density at radius 2 is 2.09 bits per heavy atom. The van der Waals surface area contributed by atoms with Gasteiger partial charge < -0.3 is 9.64 Å². The van der Waals surface area contributed by atoms with E-state index in [1.807, 2.05) is 13.1 Å². The SMILES string of the molecule is CCCO[C@@H](C)C(=O)N(C)Cc1cnn(-c2ccc(F)cc2)c1. The Morgan fingerprint density at radius 3 is 2.74 bits per heavy atom. The second-order valence-electron chi connectivity index (χ2n) is 5.48. The van der Waals surface area contributed by atoms with Crippen LogP contribution in [-0.2, 0) is 16.1 Å². The average molecular weight is 319 g/mol. The second kappa shape index (κ2) is 7.87. The highest BCUT2D eigenvalue weighted by molar-refractivity contribution is 5.80. The lowest BCUT2D eigenvalue weighted by Gasteiger charge is -2.20. The van der Waals surface area contributed by atoms with Gasteiger partial charge in [0.05, 0.1) is 11.9 Å². The van der Waals surface area contributed by atoms with E-state index in [1.165, 1.54) is 12.1 Å². The number of aromatic nitrogens is 2. The van der Waals surface area contributed by atoms with Crippen LogP contribution in [0.15, 0.2) is 36.7 Å². The fraction of sp³-hybridized carbons (Fsp3) is 0.412. The zero-order valence-electron chi connectivity index (χ0n) is 13.7. The molecule has 2 aromatic rings. The molecule has 6 heteroatoms. The maximum absolute atomic E-state index is 12.9. The Morgan fingerprint density at radius 1 is 1.39 bits per heavy atom. The van der Waals surface area contributed by atoms with Gasteiger partial charge in [0.1, 0.15) is 11.9 Å². The summed E-state index contributed by atoms with van der Waals surface area (Å²) in [5.41, 5.74) is 1.67. The van der Waals surface area contributed by atoms with Crippen molar-refractivity contribution in [3.63, 3.8) is 0 Å². The third-order valence-electron chi connectivity index (χ3n) is 3.44. The number of benzene rings is 1. The van der Waals surface area contributed by atoms with Crippen LogP contribution >= 0.6 is 0 Å². The number of hydrogen-bond donors (Lipinski definition) is 0. The third kappa shape index (κ3) is 4.63. The van der Waals surface area contributed by atoms with Crippen molar-refractivity contribution in [1.82, 2.24) is 14.7 Å². The van der Waals surface area contributed by atoms with Crippen molar-refractivity contribution >= 4 is 5.91 Å². The number of rotatable bonds is 7. The van der Waals surface area contributed by atoms with Crippen LogP contribution in [0.4, 0.5) is 4.39 Å². The molecule has 124 valence electrons. The molecule has 2 rings (SSSR count). The highest BCUT2D eigenvalue weighted by Crippen LogP contribution is 2.11. The third-order valence-corrected chi connectivity index (χ3v) is 3.44. The second-order valence-corrected chi connectivity index (χ2v) is 5.48. The minimum Gasteiger partial charge on any atom is -0.369 e. The Hall–Kier alpha value is -2.21. The molecule has 0 fully saturated rings. The lowest BCUT2D eigenvalue weighted by atomic mass is 10.3. The Labute approximate surface area is 135 Å². The van der Waals surface area contributed by atoms with Crippen LogP contribution in [0.3, 0.4) is 0 Å². The van der Waals surface area contributed by atoms with E-state index in [4.69, 9.17) is 4.74 Å². The van der Waals surface area contributed by atoms with Crippen molar-refractivity contribution < 1.29 is 13.9 Å². The summed E-state index contributed by atoms with van der Waals surface area (Å²) < 4.78 is 20.1. The normalized spacial score (nSPS) is 12.2. The molecule has 0 aliphatic carbocycles. The molecule has 0 aliphatic heterocycles. The Balaban J connectivity index is 1.98. The molecule has 0 spiro atoms. The molecule has 1 aromatic heterocycles. The fourth-order valence-electron chi connectivity index (χ4n) is 2.20. The van der Waals surface area contributed by atoms with Crippen molar-refractivity contribution in [2.75, 3.05) is 13.7 Å². The number of hydrogen-bond acceptors (Lipinski definition) is 3. The monoisotopic (exact) mass is 319 g/mol. The number of nitrogens with zero attached hydrogens (tertiary/aromatic N) is 3. The summed E-state index contributed by atoms with van der Waals surface area (Å²) >= 11 is 0. The maximum atomic E-state index is 12.9. The summed E-state index contributed by atoms with van der Waals surface area (Å²) in [4.78, 5) is 13.8. The van der Waals surface area contributed by atoms with Gasteiger partial charge in [-0.25, -0.2) is 9.07 Å². The molecule has 0 N–H and O–H groups in total. The van der Waals surface area contributed by atoms with Crippen LogP contribution in [-0.4, -0.2) is 40.3 Å².